The maximum absolute atomic E-state index is 10.3. The van der Waals surface area contributed by atoms with Crippen molar-refractivity contribution >= 4 is 0 Å². The predicted molar refractivity (Wildman–Crippen MR) is 114 cm³/mol. The number of ether oxygens (including phenoxy) is 1. The van der Waals surface area contributed by atoms with Crippen LogP contribution < -0.4 is 10.1 Å². The third-order valence-electron chi connectivity index (χ3n) is 5.37. The Kier molecular flexibility index (Phi) is 6.05. The number of benzene rings is 3. The highest BCUT2D eigenvalue weighted by molar-refractivity contribution is 5.63. The molecule has 0 fully saturated rings. The fourth-order valence-electron chi connectivity index (χ4n) is 3.87. The number of aryl methyl sites for hydroxylation is 1. The molecule has 0 saturated heterocycles. The molecule has 1 aliphatic carbocycles. The molecule has 2 atom stereocenters. The topological polar surface area (TPSA) is 41.5 Å². The van der Waals surface area contributed by atoms with E-state index in [2.05, 4.69) is 41.7 Å². The average Bonchev–Trinajstić information content (AvgIpc) is 2.77. The molecule has 4 rings (SSSR count). The van der Waals surface area contributed by atoms with Crippen molar-refractivity contribution in [2.24, 2.45) is 0 Å². The van der Waals surface area contributed by atoms with Gasteiger partial charge in [0.1, 0.15) is 18.5 Å². The molecule has 3 nitrogen and oxygen atoms in total. The Morgan fingerprint density at radius 2 is 1.61 bits per heavy atom. The number of aliphatic hydroxyl groups excluding tert-OH is 1. The lowest BCUT2D eigenvalue weighted by Crippen LogP contribution is -2.35. The van der Waals surface area contributed by atoms with Gasteiger partial charge in [-0.25, -0.2) is 0 Å². The summed E-state index contributed by atoms with van der Waals surface area (Å²) in [6.45, 7) is 0.813. The summed E-state index contributed by atoms with van der Waals surface area (Å²) in [5.74, 6) is 0.779. The number of nitrogens with one attached hydrogen (secondary N) is 1. The van der Waals surface area contributed by atoms with Gasteiger partial charge in [-0.15, -0.1) is 0 Å². The van der Waals surface area contributed by atoms with Gasteiger partial charge < -0.3 is 15.2 Å². The van der Waals surface area contributed by atoms with E-state index < -0.39 is 6.10 Å². The lowest BCUT2D eigenvalue weighted by Gasteiger charge is -2.27. The Hall–Kier alpha value is -2.62. The molecule has 0 saturated carbocycles. The fraction of sp³-hybridized carbons (Fsp3) is 0.280. The lowest BCUT2D eigenvalue weighted by molar-refractivity contribution is 0.103. The van der Waals surface area contributed by atoms with Crippen LogP contribution in [-0.2, 0) is 6.42 Å². The Bertz CT molecular complexity index is 877. The fourth-order valence-corrected chi connectivity index (χ4v) is 3.87. The number of hydrogen-bond acceptors (Lipinski definition) is 3. The Balaban J connectivity index is 1.27. The van der Waals surface area contributed by atoms with Crippen LogP contribution >= 0.6 is 0 Å². The first-order valence-electron chi connectivity index (χ1n) is 10.1. The molecule has 3 aromatic rings. The number of rotatable bonds is 7. The molecule has 0 unspecified atom stereocenters. The van der Waals surface area contributed by atoms with Crippen molar-refractivity contribution in [2.75, 3.05) is 13.2 Å². The van der Waals surface area contributed by atoms with Gasteiger partial charge in [-0.2, -0.15) is 0 Å². The predicted octanol–water partition coefficient (Wildman–Crippen LogP) is 4.76. The van der Waals surface area contributed by atoms with Gasteiger partial charge in [-0.3, -0.25) is 0 Å². The SMILES string of the molecule is O[C@@H](CN[C@@H]1CCCc2ccccc21)COc1ccc(-c2ccccc2)cc1. The van der Waals surface area contributed by atoms with E-state index >= 15 is 0 Å². The normalized spacial score (nSPS) is 17.0. The Morgan fingerprint density at radius 1 is 0.893 bits per heavy atom. The first kappa shape index (κ1) is 18.7. The van der Waals surface area contributed by atoms with E-state index in [0.717, 1.165) is 24.2 Å². The zero-order valence-corrected chi connectivity index (χ0v) is 16.1. The standard InChI is InChI=1S/C25H27NO2/c27-22(17-26-25-12-6-10-21-9-4-5-11-24(21)25)18-28-23-15-13-20(14-16-23)19-7-2-1-3-8-19/h1-5,7-9,11,13-16,22,25-27H,6,10,12,17-18H2/t22-,25+/m0/s1. The molecule has 0 radical (unpaired) electrons. The molecule has 0 aliphatic heterocycles. The number of hydrogen-bond donors (Lipinski definition) is 2. The van der Waals surface area contributed by atoms with Crippen molar-refractivity contribution in [1.82, 2.24) is 5.32 Å². The molecule has 1 aliphatic rings. The van der Waals surface area contributed by atoms with E-state index in [4.69, 9.17) is 4.74 Å². The summed E-state index contributed by atoms with van der Waals surface area (Å²) in [4.78, 5) is 0. The summed E-state index contributed by atoms with van der Waals surface area (Å²) < 4.78 is 5.78. The first-order valence-corrected chi connectivity index (χ1v) is 10.1. The van der Waals surface area contributed by atoms with Crippen LogP contribution in [0.25, 0.3) is 11.1 Å². The van der Waals surface area contributed by atoms with E-state index in [-0.39, 0.29) is 6.61 Å². The lowest BCUT2D eigenvalue weighted by atomic mass is 9.88. The molecule has 0 spiro atoms. The van der Waals surface area contributed by atoms with Crippen molar-refractivity contribution < 1.29 is 9.84 Å². The summed E-state index contributed by atoms with van der Waals surface area (Å²) in [7, 11) is 0. The van der Waals surface area contributed by atoms with Gasteiger partial charge in [-0.1, -0.05) is 66.7 Å². The number of fused-ring (bicyclic) bond motifs is 1. The van der Waals surface area contributed by atoms with Crippen molar-refractivity contribution in [3.8, 4) is 16.9 Å². The van der Waals surface area contributed by atoms with Gasteiger partial charge in [-0.05, 0) is 53.6 Å². The third-order valence-corrected chi connectivity index (χ3v) is 5.37. The molecule has 2 N–H and O–H groups in total. The molecule has 144 valence electrons. The molecule has 3 heteroatoms. The molecule has 0 amide bonds. The van der Waals surface area contributed by atoms with Crippen LogP contribution in [-0.4, -0.2) is 24.4 Å². The van der Waals surface area contributed by atoms with Crippen LogP contribution in [0, 0.1) is 0 Å². The minimum absolute atomic E-state index is 0.284. The second-order valence-electron chi connectivity index (χ2n) is 7.41. The summed E-state index contributed by atoms with van der Waals surface area (Å²) in [5.41, 5.74) is 5.14. The Labute approximate surface area is 167 Å². The van der Waals surface area contributed by atoms with E-state index in [1.54, 1.807) is 0 Å². The van der Waals surface area contributed by atoms with Crippen molar-refractivity contribution in [3.63, 3.8) is 0 Å². The molecule has 0 aromatic heterocycles. The largest absolute Gasteiger partial charge is 0.491 e. The summed E-state index contributed by atoms with van der Waals surface area (Å²) in [6, 6.07) is 27.2. The summed E-state index contributed by atoms with van der Waals surface area (Å²) >= 11 is 0. The molecule has 0 bridgehead atoms. The van der Waals surface area contributed by atoms with Crippen LogP contribution in [0.5, 0.6) is 5.75 Å². The van der Waals surface area contributed by atoms with Gasteiger partial charge in [0.05, 0.1) is 0 Å². The van der Waals surface area contributed by atoms with Crippen LogP contribution in [0.1, 0.15) is 30.0 Å². The Morgan fingerprint density at radius 3 is 2.43 bits per heavy atom. The minimum Gasteiger partial charge on any atom is -0.491 e. The molecule has 0 heterocycles. The highest BCUT2D eigenvalue weighted by Crippen LogP contribution is 2.29. The van der Waals surface area contributed by atoms with Crippen LogP contribution in [0.15, 0.2) is 78.9 Å². The zero-order chi connectivity index (χ0) is 19.2. The van der Waals surface area contributed by atoms with Crippen molar-refractivity contribution in [2.45, 2.75) is 31.4 Å². The second kappa shape index (κ2) is 9.05. The zero-order valence-electron chi connectivity index (χ0n) is 16.1. The monoisotopic (exact) mass is 373 g/mol. The van der Waals surface area contributed by atoms with Gasteiger partial charge in [0.15, 0.2) is 0 Å². The van der Waals surface area contributed by atoms with E-state index in [1.165, 1.54) is 23.1 Å². The van der Waals surface area contributed by atoms with E-state index in [9.17, 15) is 5.11 Å². The van der Waals surface area contributed by atoms with Crippen LogP contribution in [0.3, 0.4) is 0 Å². The average molecular weight is 373 g/mol. The maximum atomic E-state index is 10.3. The quantitative estimate of drug-likeness (QED) is 0.627. The molecular formula is C25H27NO2. The highest BCUT2D eigenvalue weighted by Gasteiger charge is 2.20. The van der Waals surface area contributed by atoms with Crippen molar-refractivity contribution in [1.29, 1.82) is 0 Å². The summed E-state index contributed by atoms with van der Waals surface area (Å²) in [6.07, 6.45) is 2.92. The first-order chi connectivity index (χ1) is 13.8. The van der Waals surface area contributed by atoms with E-state index in [1.807, 2.05) is 42.5 Å². The molecular weight excluding hydrogens is 346 g/mol. The third kappa shape index (κ3) is 4.61. The summed E-state index contributed by atoms with van der Waals surface area (Å²) in [5, 5.41) is 13.8. The maximum Gasteiger partial charge on any atom is 0.119 e. The van der Waals surface area contributed by atoms with Gasteiger partial charge in [0.2, 0.25) is 0 Å². The molecule has 28 heavy (non-hydrogen) atoms. The van der Waals surface area contributed by atoms with Crippen LogP contribution in [0.4, 0.5) is 0 Å². The highest BCUT2D eigenvalue weighted by atomic mass is 16.5. The van der Waals surface area contributed by atoms with Crippen LogP contribution in [0.2, 0.25) is 0 Å². The second-order valence-corrected chi connectivity index (χ2v) is 7.41. The van der Waals surface area contributed by atoms with E-state index in [0.29, 0.717) is 12.6 Å². The van der Waals surface area contributed by atoms with Gasteiger partial charge >= 0.3 is 0 Å². The van der Waals surface area contributed by atoms with Gasteiger partial charge in [0, 0.05) is 12.6 Å². The smallest absolute Gasteiger partial charge is 0.119 e. The molecule has 3 aromatic carbocycles. The van der Waals surface area contributed by atoms with Gasteiger partial charge in [0.25, 0.3) is 0 Å². The number of aliphatic hydroxyl groups is 1. The van der Waals surface area contributed by atoms with Crippen molar-refractivity contribution in [3.05, 3.63) is 90.0 Å². The minimum atomic E-state index is -0.539.